The summed E-state index contributed by atoms with van der Waals surface area (Å²) in [6.45, 7) is 7.64. The Morgan fingerprint density at radius 1 is 1.27 bits per heavy atom. The summed E-state index contributed by atoms with van der Waals surface area (Å²) in [4.78, 5) is 32.1. The first kappa shape index (κ1) is 18.0. The molecule has 0 unspecified atom stereocenters. The Labute approximate surface area is 155 Å². The Balaban J connectivity index is 2.07. The maximum Gasteiger partial charge on any atom is 0.257 e. The van der Waals surface area contributed by atoms with Gasteiger partial charge in [-0.05, 0) is 6.07 Å². The van der Waals surface area contributed by atoms with E-state index in [0.29, 0.717) is 34.6 Å². The number of rotatable bonds is 7. The number of H-pyrrole nitrogens is 1. The van der Waals surface area contributed by atoms with Crippen LogP contribution in [0.2, 0.25) is 0 Å². The fourth-order valence-corrected chi connectivity index (χ4v) is 3.47. The van der Waals surface area contributed by atoms with Gasteiger partial charge in [0.25, 0.3) is 5.56 Å². The van der Waals surface area contributed by atoms with E-state index in [9.17, 15) is 9.59 Å². The number of amides is 1. The van der Waals surface area contributed by atoms with Gasteiger partial charge in [-0.2, -0.15) is 0 Å². The standard InChI is InChI=1S/C19H19N3O3S/c1-3-9-25-14-8-6-5-7-12(14)13-11-15(23)20-17-16(13)18(24)22-19(21-17)26-10-4-2/h3-8,13H,1-2,9-11H2,(H2,20,21,22,23,24)/t13-/m0/s1. The van der Waals surface area contributed by atoms with Gasteiger partial charge in [-0.15, -0.1) is 6.58 Å². The van der Waals surface area contributed by atoms with Crippen LogP contribution in [0, 0.1) is 0 Å². The van der Waals surface area contributed by atoms with E-state index in [-0.39, 0.29) is 17.9 Å². The molecule has 0 aliphatic carbocycles. The predicted molar refractivity (Wildman–Crippen MR) is 103 cm³/mol. The number of para-hydroxylation sites is 1. The molecule has 2 N–H and O–H groups in total. The van der Waals surface area contributed by atoms with Crippen molar-refractivity contribution in [2.45, 2.75) is 17.5 Å². The highest BCUT2D eigenvalue weighted by atomic mass is 32.2. The molecule has 0 radical (unpaired) electrons. The average molecular weight is 369 g/mol. The maximum atomic E-state index is 12.7. The minimum Gasteiger partial charge on any atom is -0.489 e. The van der Waals surface area contributed by atoms with Gasteiger partial charge in [-0.25, -0.2) is 4.98 Å². The molecule has 0 saturated carbocycles. The van der Waals surface area contributed by atoms with Crippen molar-refractivity contribution in [3.8, 4) is 5.75 Å². The van der Waals surface area contributed by atoms with E-state index < -0.39 is 5.92 Å². The lowest BCUT2D eigenvalue weighted by Crippen LogP contribution is -2.31. The molecule has 0 bridgehead atoms. The topological polar surface area (TPSA) is 84.1 Å². The van der Waals surface area contributed by atoms with Crippen LogP contribution in [0.4, 0.5) is 5.82 Å². The van der Waals surface area contributed by atoms with Crippen LogP contribution in [-0.4, -0.2) is 28.2 Å². The molecule has 0 spiro atoms. The van der Waals surface area contributed by atoms with Crippen LogP contribution in [0.1, 0.15) is 23.5 Å². The number of nitrogens with one attached hydrogen (secondary N) is 2. The fraction of sp³-hybridized carbons (Fsp3) is 0.211. The molecule has 7 heteroatoms. The van der Waals surface area contributed by atoms with E-state index in [0.717, 1.165) is 5.56 Å². The van der Waals surface area contributed by atoms with Crippen molar-refractivity contribution < 1.29 is 9.53 Å². The molecule has 1 aliphatic heterocycles. The average Bonchev–Trinajstić information content (AvgIpc) is 2.64. The summed E-state index contributed by atoms with van der Waals surface area (Å²) in [6, 6.07) is 7.40. The summed E-state index contributed by atoms with van der Waals surface area (Å²) in [5.41, 5.74) is 0.969. The number of anilines is 1. The highest BCUT2D eigenvalue weighted by Crippen LogP contribution is 2.38. The summed E-state index contributed by atoms with van der Waals surface area (Å²) < 4.78 is 5.71. The SMILES string of the molecule is C=CCOc1ccccc1[C@@H]1CC(=O)Nc2nc(SCC=C)[nH]c(=O)c21. The summed E-state index contributed by atoms with van der Waals surface area (Å²) in [7, 11) is 0. The molecule has 134 valence electrons. The van der Waals surface area contributed by atoms with E-state index >= 15 is 0 Å². The Morgan fingerprint density at radius 3 is 2.85 bits per heavy atom. The lowest BCUT2D eigenvalue weighted by atomic mass is 9.86. The molecule has 1 aliphatic rings. The molecule has 1 amide bonds. The monoisotopic (exact) mass is 369 g/mol. The lowest BCUT2D eigenvalue weighted by molar-refractivity contribution is -0.116. The number of nitrogens with zero attached hydrogens (tertiary/aromatic N) is 1. The zero-order chi connectivity index (χ0) is 18.5. The van der Waals surface area contributed by atoms with Crippen LogP contribution >= 0.6 is 11.8 Å². The molecule has 26 heavy (non-hydrogen) atoms. The second-order valence-corrected chi connectivity index (χ2v) is 6.68. The van der Waals surface area contributed by atoms with E-state index in [4.69, 9.17) is 4.74 Å². The molecule has 6 nitrogen and oxygen atoms in total. The van der Waals surface area contributed by atoms with Gasteiger partial charge in [0.15, 0.2) is 5.16 Å². The highest BCUT2D eigenvalue weighted by Gasteiger charge is 2.32. The van der Waals surface area contributed by atoms with Crippen molar-refractivity contribution in [1.29, 1.82) is 0 Å². The highest BCUT2D eigenvalue weighted by molar-refractivity contribution is 7.99. The van der Waals surface area contributed by atoms with Gasteiger partial charge in [-0.3, -0.25) is 9.59 Å². The molecule has 2 heterocycles. The van der Waals surface area contributed by atoms with Crippen LogP contribution in [0.5, 0.6) is 5.75 Å². The van der Waals surface area contributed by atoms with Crippen molar-refractivity contribution in [2.24, 2.45) is 0 Å². The van der Waals surface area contributed by atoms with Crippen LogP contribution in [0.25, 0.3) is 0 Å². The number of aromatic nitrogens is 2. The van der Waals surface area contributed by atoms with Crippen LogP contribution in [0.15, 0.2) is 59.5 Å². The van der Waals surface area contributed by atoms with Crippen molar-refractivity contribution in [2.75, 3.05) is 17.7 Å². The first-order valence-corrected chi connectivity index (χ1v) is 9.13. The zero-order valence-corrected chi connectivity index (χ0v) is 15.0. The number of fused-ring (bicyclic) bond motifs is 1. The smallest absolute Gasteiger partial charge is 0.257 e. The number of thioether (sulfide) groups is 1. The molecule has 1 atom stereocenters. The third kappa shape index (κ3) is 3.72. The van der Waals surface area contributed by atoms with Crippen molar-refractivity contribution in [3.05, 3.63) is 71.1 Å². The van der Waals surface area contributed by atoms with E-state index in [1.54, 1.807) is 12.2 Å². The molecular formula is C19H19N3O3S. The molecule has 0 saturated heterocycles. The number of ether oxygens (including phenoxy) is 1. The van der Waals surface area contributed by atoms with Gasteiger partial charge in [0.1, 0.15) is 18.2 Å². The molecule has 1 aromatic heterocycles. The molecule has 3 rings (SSSR count). The van der Waals surface area contributed by atoms with Crippen LogP contribution in [-0.2, 0) is 4.79 Å². The Kier molecular flexibility index (Phi) is 5.58. The summed E-state index contributed by atoms with van der Waals surface area (Å²) in [5, 5.41) is 3.16. The maximum absolute atomic E-state index is 12.7. The summed E-state index contributed by atoms with van der Waals surface area (Å²) in [5.74, 6) is 0.938. The van der Waals surface area contributed by atoms with E-state index in [1.807, 2.05) is 24.3 Å². The Bertz CT molecular complexity index is 907. The fourth-order valence-electron chi connectivity index (χ4n) is 2.87. The van der Waals surface area contributed by atoms with Crippen LogP contribution < -0.4 is 15.6 Å². The molecule has 2 aromatic rings. The van der Waals surface area contributed by atoms with Gasteiger partial charge in [0.05, 0.1) is 5.56 Å². The third-order valence-corrected chi connectivity index (χ3v) is 4.79. The Hall–Kier alpha value is -2.80. The van der Waals surface area contributed by atoms with Crippen molar-refractivity contribution >= 4 is 23.5 Å². The summed E-state index contributed by atoms with van der Waals surface area (Å²) in [6.07, 6.45) is 3.53. The van der Waals surface area contributed by atoms with Gasteiger partial charge in [-0.1, -0.05) is 48.7 Å². The normalized spacial score (nSPS) is 15.7. The molecule has 1 aromatic carbocycles. The van der Waals surface area contributed by atoms with E-state index in [2.05, 4.69) is 28.4 Å². The van der Waals surface area contributed by atoms with Gasteiger partial charge < -0.3 is 15.0 Å². The van der Waals surface area contributed by atoms with Crippen molar-refractivity contribution in [1.82, 2.24) is 9.97 Å². The zero-order valence-electron chi connectivity index (χ0n) is 14.2. The minimum atomic E-state index is -0.422. The number of carbonyl (C=O) groups excluding carboxylic acids is 1. The number of carbonyl (C=O) groups is 1. The van der Waals surface area contributed by atoms with E-state index in [1.165, 1.54) is 11.8 Å². The number of hydrogen-bond acceptors (Lipinski definition) is 5. The van der Waals surface area contributed by atoms with Crippen LogP contribution in [0.3, 0.4) is 0 Å². The number of benzene rings is 1. The van der Waals surface area contributed by atoms with Crippen molar-refractivity contribution in [3.63, 3.8) is 0 Å². The van der Waals surface area contributed by atoms with Gasteiger partial charge in [0.2, 0.25) is 5.91 Å². The number of aromatic amines is 1. The van der Waals surface area contributed by atoms with Gasteiger partial charge >= 0.3 is 0 Å². The molecular weight excluding hydrogens is 350 g/mol. The predicted octanol–water partition coefficient (Wildman–Crippen LogP) is 3.09. The Morgan fingerprint density at radius 2 is 2.08 bits per heavy atom. The minimum absolute atomic E-state index is 0.158. The lowest BCUT2D eigenvalue weighted by Gasteiger charge is -2.25. The number of hydrogen-bond donors (Lipinski definition) is 2. The van der Waals surface area contributed by atoms with Gasteiger partial charge in [0, 0.05) is 23.7 Å². The molecule has 0 fully saturated rings. The first-order chi connectivity index (χ1) is 12.6. The largest absolute Gasteiger partial charge is 0.489 e. The summed E-state index contributed by atoms with van der Waals surface area (Å²) >= 11 is 1.35. The second kappa shape index (κ2) is 8.05. The second-order valence-electron chi connectivity index (χ2n) is 5.68. The quantitative estimate of drug-likeness (QED) is 0.445. The first-order valence-electron chi connectivity index (χ1n) is 8.14. The third-order valence-electron chi connectivity index (χ3n) is 3.92.